The number of halogens is 2. The minimum atomic E-state index is -0.206. The lowest BCUT2D eigenvalue weighted by Gasteiger charge is -2.26. The molecule has 1 aromatic carbocycles. The van der Waals surface area contributed by atoms with Gasteiger partial charge in [0.2, 0.25) is 5.91 Å². The van der Waals surface area contributed by atoms with Gasteiger partial charge in [0, 0.05) is 28.2 Å². The molecule has 1 aliphatic rings. The molecule has 1 fully saturated rings. The lowest BCUT2D eigenvalue weighted by molar-refractivity contribution is -0.123. The third kappa shape index (κ3) is 2.37. The molecule has 0 atom stereocenters. The van der Waals surface area contributed by atoms with Gasteiger partial charge in [0.15, 0.2) is 0 Å². The maximum absolute atomic E-state index is 12.5. The SMILES string of the molecule is O=C1CN(C(=O)c2sc3cc(Cl)ccc3c2Cl)CCN1. The van der Waals surface area contributed by atoms with E-state index < -0.39 is 0 Å². The van der Waals surface area contributed by atoms with Crippen LogP contribution in [0.4, 0.5) is 0 Å². The van der Waals surface area contributed by atoms with Crippen LogP contribution in [0.25, 0.3) is 10.1 Å². The zero-order valence-corrected chi connectivity index (χ0v) is 12.6. The molecule has 2 heterocycles. The predicted octanol–water partition coefficient (Wildman–Crippen LogP) is 2.78. The van der Waals surface area contributed by atoms with E-state index >= 15 is 0 Å². The van der Waals surface area contributed by atoms with Crippen molar-refractivity contribution in [3.63, 3.8) is 0 Å². The van der Waals surface area contributed by atoms with Crippen LogP contribution < -0.4 is 5.32 Å². The normalized spacial score (nSPS) is 15.5. The molecule has 1 aliphatic heterocycles. The third-order valence-electron chi connectivity index (χ3n) is 3.11. The molecule has 1 N–H and O–H groups in total. The van der Waals surface area contributed by atoms with E-state index in [1.54, 1.807) is 18.2 Å². The van der Waals surface area contributed by atoms with Gasteiger partial charge in [-0.25, -0.2) is 0 Å². The fourth-order valence-corrected chi connectivity index (χ4v) is 3.89. The molecule has 4 nitrogen and oxygen atoms in total. The van der Waals surface area contributed by atoms with Gasteiger partial charge in [0.1, 0.15) is 4.88 Å². The van der Waals surface area contributed by atoms with E-state index in [2.05, 4.69) is 5.32 Å². The zero-order chi connectivity index (χ0) is 14.3. The molecule has 0 spiro atoms. The van der Waals surface area contributed by atoms with Gasteiger partial charge in [-0.05, 0) is 12.1 Å². The standard InChI is InChI=1S/C13H10Cl2N2O2S/c14-7-1-2-8-9(5-7)20-12(11(8)15)13(19)17-4-3-16-10(18)6-17/h1-2,5H,3-4,6H2,(H,16,18). The summed E-state index contributed by atoms with van der Waals surface area (Å²) in [6, 6.07) is 5.33. The van der Waals surface area contributed by atoms with Crippen molar-refractivity contribution in [1.82, 2.24) is 10.2 Å². The summed E-state index contributed by atoms with van der Waals surface area (Å²) < 4.78 is 0.868. The largest absolute Gasteiger partial charge is 0.353 e. The van der Waals surface area contributed by atoms with Crippen LogP contribution in [0, 0.1) is 0 Å². The number of hydrogen-bond acceptors (Lipinski definition) is 3. The van der Waals surface area contributed by atoms with Crippen molar-refractivity contribution in [2.75, 3.05) is 19.6 Å². The molecule has 7 heteroatoms. The molecule has 2 aromatic rings. The third-order valence-corrected chi connectivity index (χ3v) is 4.99. The van der Waals surface area contributed by atoms with Crippen LogP contribution in [-0.2, 0) is 4.79 Å². The zero-order valence-electron chi connectivity index (χ0n) is 10.3. The number of carbonyl (C=O) groups is 2. The van der Waals surface area contributed by atoms with Crippen molar-refractivity contribution >= 4 is 56.4 Å². The fourth-order valence-electron chi connectivity index (χ4n) is 2.13. The molecular formula is C13H10Cl2N2O2S. The summed E-state index contributed by atoms with van der Waals surface area (Å²) >= 11 is 13.5. The predicted molar refractivity (Wildman–Crippen MR) is 80.8 cm³/mol. The van der Waals surface area contributed by atoms with Gasteiger partial charge in [-0.3, -0.25) is 9.59 Å². The van der Waals surface area contributed by atoms with Crippen LogP contribution in [-0.4, -0.2) is 36.3 Å². The first-order valence-electron chi connectivity index (χ1n) is 6.00. The van der Waals surface area contributed by atoms with E-state index in [9.17, 15) is 9.59 Å². The van der Waals surface area contributed by atoms with Crippen LogP contribution in [0.5, 0.6) is 0 Å². The number of nitrogens with zero attached hydrogens (tertiary/aromatic N) is 1. The Morgan fingerprint density at radius 1 is 1.35 bits per heavy atom. The van der Waals surface area contributed by atoms with Gasteiger partial charge in [-0.2, -0.15) is 0 Å². The van der Waals surface area contributed by atoms with E-state index in [1.807, 2.05) is 0 Å². The first kappa shape index (κ1) is 13.7. The van der Waals surface area contributed by atoms with Crippen molar-refractivity contribution in [3.8, 4) is 0 Å². The molecular weight excluding hydrogens is 319 g/mol. The topological polar surface area (TPSA) is 49.4 Å². The molecule has 0 radical (unpaired) electrons. The molecule has 2 amide bonds. The second kappa shape index (κ2) is 5.24. The van der Waals surface area contributed by atoms with Gasteiger partial charge >= 0.3 is 0 Å². The summed E-state index contributed by atoms with van der Waals surface area (Å²) in [7, 11) is 0. The molecule has 1 aromatic heterocycles. The van der Waals surface area contributed by atoms with Crippen molar-refractivity contribution in [1.29, 1.82) is 0 Å². The molecule has 3 rings (SSSR count). The smallest absolute Gasteiger partial charge is 0.266 e. The number of nitrogens with one attached hydrogen (secondary N) is 1. The van der Waals surface area contributed by atoms with Crippen LogP contribution in [0.3, 0.4) is 0 Å². The van der Waals surface area contributed by atoms with Crippen LogP contribution in [0.2, 0.25) is 10.0 Å². The fraction of sp³-hybridized carbons (Fsp3) is 0.231. The first-order valence-corrected chi connectivity index (χ1v) is 7.57. The van der Waals surface area contributed by atoms with Gasteiger partial charge < -0.3 is 10.2 Å². The summed E-state index contributed by atoms with van der Waals surface area (Å²) in [5.74, 6) is -0.355. The van der Waals surface area contributed by atoms with Crippen molar-refractivity contribution in [2.45, 2.75) is 0 Å². The average molecular weight is 329 g/mol. The highest BCUT2D eigenvalue weighted by atomic mass is 35.5. The lowest BCUT2D eigenvalue weighted by Crippen LogP contribution is -2.49. The van der Waals surface area contributed by atoms with E-state index in [4.69, 9.17) is 23.2 Å². The molecule has 1 saturated heterocycles. The Labute approximate surface area is 129 Å². The number of thiophene rings is 1. The van der Waals surface area contributed by atoms with Gasteiger partial charge in [0.25, 0.3) is 5.91 Å². The first-order chi connectivity index (χ1) is 9.56. The molecule has 0 aliphatic carbocycles. The Hall–Kier alpha value is -1.30. The highest BCUT2D eigenvalue weighted by Crippen LogP contribution is 2.37. The summed E-state index contributed by atoms with van der Waals surface area (Å²) in [6.45, 7) is 1.04. The number of hydrogen-bond donors (Lipinski definition) is 1. The Bertz CT molecular complexity index is 714. The highest BCUT2D eigenvalue weighted by Gasteiger charge is 2.26. The number of piperazine rings is 1. The average Bonchev–Trinajstić information content (AvgIpc) is 2.74. The minimum absolute atomic E-state index is 0.0736. The van der Waals surface area contributed by atoms with Crippen LogP contribution in [0.1, 0.15) is 9.67 Å². The van der Waals surface area contributed by atoms with E-state index in [1.165, 1.54) is 16.2 Å². The maximum Gasteiger partial charge on any atom is 0.266 e. The van der Waals surface area contributed by atoms with Crippen LogP contribution in [0.15, 0.2) is 18.2 Å². The van der Waals surface area contributed by atoms with E-state index in [0.29, 0.717) is 28.0 Å². The Kier molecular flexibility index (Phi) is 3.58. The Morgan fingerprint density at radius 2 is 2.15 bits per heavy atom. The van der Waals surface area contributed by atoms with Crippen molar-refractivity contribution < 1.29 is 9.59 Å². The maximum atomic E-state index is 12.5. The van der Waals surface area contributed by atoms with Crippen LogP contribution >= 0.6 is 34.5 Å². The molecule has 104 valence electrons. The number of carbonyl (C=O) groups excluding carboxylic acids is 2. The second-order valence-corrected chi connectivity index (χ2v) is 6.33. The van der Waals surface area contributed by atoms with E-state index in [-0.39, 0.29) is 18.4 Å². The quantitative estimate of drug-likeness (QED) is 0.875. The van der Waals surface area contributed by atoms with Gasteiger partial charge in [-0.1, -0.05) is 29.3 Å². The molecule has 0 saturated carbocycles. The molecule has 20 heavy (non-hydrogen) atoms. The minimum Gasteiger partial charge on any atom is -0.353 e. The Balaban J connectivity index is 1.99. The number of fused-ring (bicyclic) bond motifs is 1. The lowest BCUT2D eigenvalue weighted by atomic mass is 10.2. The van der Waals surface area contributed by atoms with Gasteiger partial charge in [-0.15, -0.1) is 11.3 Å². The summed E-state index contributed by atoms with van der Waals surface area (Å²) in [5, 5.41) is 4.53. The molecule has 0 bridgehead atoms. The van der Waals surface area contributed by atoms with Crippen molar-refractivity contribution in [3.05, 3.63) is 33.1 Å². The molecule has 0 unspecified atom stereocenters. The van der Waals surface area contributed by atoms with E-state index in [0.717, 1.165) is 10.1 Å². The number of rotatable bonds is 1. The van der Waals surface area contributed by atoms with Gasteiger partial charge in [0.05, 0.1) is 11.6 Å². The number of benzene rings is 1. The monoisotopic (exact) mass is 328 g/mol. The Morgan fingerprint density at radius 3 is 2.90 bits per heavy atom. The summed E-state index contributed by atoms with van der Waals surface area (Å²) in [6.07, 6.45) is 0. The second-order valence-electron chi connectivity index (χ2n) is 4.46. The summed E-state index contributed by atoms with van der Waals surface area (Å²) in [4.78, 5) is 25.8. The highest BCUT2D eigenvalue weighted by molar-refractivity contribution is 7.21. The number of amides is 2. The summed E-state index contributed by atoms with van der Waals surface area (Å²) in [5.41, 5.74) is 0. The van der Waals surface area contributed by atoms with Crippen molar-refractivity contribution in [2.24, 2.45) is 0 Å².